The zero-order valence-corrected chi connectivity index (χ0v) is 13.0. The Morgan fingerprint density at radius 2 is 1.38 bits per heavy atom. The third kappa shape index (κ3) is 5.24. The van der Waals surface area contributed by atoms with Gasteiger partial charge in [-0.1, -0.05) is 0 Å². The molecule has 0 unspecified atom stereocenters. The predicted molar refractivity (Wildman–Crippen MR) is 79.9 cm³/mol. The molecule has 115 valence electrons. The third-order valence-electron chi connectivity index (χ3n) is 3.44. The molecule has 0 atom stereocenters. The van der Waals surface area contributed by atoms with E-state index in [4.69, 9.17) is 24.1 Å². The fourth-order valence-electron chi connectivity index (χ4n) is 1.32. The first kappa shape index (κ1) is 17.8. The van der Waals surface area contributed by atoms with Gasteiger partial charge in [-0.3, -0.25) is 0 Å². The van der Waals surface area contributed by atoms with Crippen LogP contribution in [0.4, 0.5) is 0 Å². The van der Waals surface area contributed by atoms with Crippen LogP contribution in [0.3, 0.4) is 0 Å². The van der Waals surface area contributed by atoms with Gasteiger partial charge < -0.3 is 28.7 Å². The number of hydrogen-bond acceptors (Lipinski definition) is 6. The van der Waals surface area contributed by atoms with Crippen molar-refractivity contribution in [3.05, 3.63) is 24.3 Å². The largest absolute Gasteiger partial charge is 0.707 e. The molecule has 0 aliphatic carbocycles. The Hall–Kier alpha value is -1.21. The summed E-state index contributed by atoms with van der Waals surface area (Å²) in [5, 5.41) is 16.9. The van der Waals surface area contributed by atoms with E-state index in [0.29, 0.717) is 11.5 Å². The number of ether oxygens (including phenoxy) is 1. The molecule has 1 aliphatic rings. The molecule has 21 heavy (non-hydrogen) atoms. The first-order valence-corrected chi connectivity index (χ1v) is 6.52. The fraction of sp³-hybridized carbons (Fsp3) is 0.538. The lowest BCUT2D eigenvalue weighted by atomic mass is 9.90. The molecule has 1 aromatic carbocycles. The summed E-state index contributed by atoms with van der Waals surface area (Å²) in [5.74, 6) is 1.07. The van der Waals surface area contributed by atoms with Crippen molar-refractivity contribution in [2.75, 3.05) is 7.11 Å². The van der Waals surface area contributed by atoms with Gasteiger partial charge in [-0.25, -0.2) is 0 Å². The molecule has 1 radical (unpaired) electrons. The molecule has 0 aromatic heterocycles. The Morgan fingerprint density at radius 3 is 1.67 bits per heavy atom. The maximum Gasteiger partial charge on any atom is 0.707 e. The number of rotatable bonds is 3. The Morgan fingerprint density at radius 1 is 0.952 bits per heavy atom. The Bertz CT molecular complexity index is 419. The van der Waals surface area contributed by atoms with Gasteiger partial charge in [0.25, 0.3) is 0 Å². The smallest absolute Gasteiger partial charge is 0.512 e. The molecular weight excluding hydrogens is 274 g/mol. The Labute approximate surface area is 126 Å². The van der Waals surface area contributed by atoms with E-state index in [9.17, 15) is 0 Å². The molecular formula is C13H21B2O6. The maximum absolute atomic E-state index is 8.43. The van der Waals surface area contributed by atoms with Gasteiger partial charge in [-0.05, 0) is 52.0 Å². The molecule has 1 heterocycles. The van der Waals surface area contributed by atoms with Gasteiger partial charge in [-0.2, -0.15) is 0 Å². The molecule has 0 amide bonds. The first-order chi connectivity index (χ1) is 9.68. The Kier molecular flexibility index (Phi) is 6.10. The summed E-state index contributed by atoms with van der Waals surface area (Å²) in [5.41, 5.74) is -0.375. The van der Waals surface area contributed by atoms with Crippen molar-refractivity contribution in [1.82, 2.24) is 0 Å². The van der Waals surface area contributed by atoms with Crippen molar-refractivity contribution in [3.8, 4) is 11.5 Å². The van der Waals surface area contributed by atoms with Crippen LogP contribution in [-0.2, 0) is 9.31 Å². The molecule has 0 saturated carbocycles. The molecule has 0 bridgehead atoms. The number of methoxy groups -OCH3 is 1. The van der Waals surface area contributed by atoms with Gasteiger partial charge in [0.1, 0.15) is 11.5 Å². The topological polar surface area (TPSA) is 77.4 Å². The maximum atomic E-state index is 8.43. The van der Waals surface area contributed by atoms with Crippen LogP contribution in [0, 0.1) is 0 Å². The summed E-state index contributed by atoms with van der Waals surface area (Å²) in [6, 6.07) is 6.49. The van der Waals surface area contributed by atoms with Crippen LogP contribution in [0.5, 0.6) is 11.5 Å². The molecule has 1 saturated heterocycles. The van der Waals surface area contributed by atoms with Crippen LogP contribution in [0.1, 0.15) is 27.7 Å². The van der Waals surface area contributed by atoms with Gasteiger partial charge in [0, 0.05) is 0 Å². The van der Waals surface area contributed by atoms with Crippen molar-refractivity contribution < 1.29 is 28.7 Å². The summed E-state index contributed by atoms with van der Waals surface area (Å²) in [6.45, 7) is 8.04. The summed E-state index contributed by atoms with van der Waals surface area (Å²) in [6.07, 6.45) is 0. The quantitative estimate of drug-likeness (QED) is 0.815. The highest BCUT2D eigenvalue weighted by molar-refractivity contribution is 6.33. The van der Waals surface area contributed by atoms with Gasteiger partial charge in [0.15, 0.2) is 0 Å². The van der Waals surface area contributed by atoms with Gasteiger partial charge in [0.2, 0.25) is 0 Å². The molecule has 8 heteroatoms. The lowest BCUT2D eigenvalue weighted by Crippen LogP contribution is -2.41. The van der Waals surface area contributed by atoms with Crippen LogP contribution in [0.2, 0.25) is 0 Å². The van der Waals surface area contributed by atoms with Gasteiger partial charge in [-0.15, -0.1) is 0 Å². The lowest BCUT2D eigenvalue weighted by Gasteiger charge is -2.32. The number of hydrogen-bond donors (Lipinski definition) is 2. The average molecular weight is 295 g/mol. The molecule has 1 aromatic rings. The van der Waals surface area contributed by atoms with Crippen LogP contribution >= 0.6 is 0 Å². The molecule has 2 N–H and O–H groups in total. The average Bonchev–Trinajstić information content (AvgIpc) is 2.63. The van der Waals surface area contributed by atoms with Gasteiger partial charge >= 0.3 is 15.0 Å². The van der Waals surface area contributed by atoms with E-state index in [1.165, 1.54) is 7.69 Å². The fourth-order valence-corrected chi connectivity index (χ4v) is 1.32. The van der Waals surface area contributed by atoms with Crippen LogP contribution in [0.25, 0.3) is 0 Å². The normalized spacial score (nSPS) is 18.0. The second-order valence-corrected chi connectivity index (χ2v) is 5.47. The summed E-state index contributed by atoms with van der Waals surface area (Å²) >= 11 is 0. The minimum Gasteiger partial charge on any atom is -0.512 e. The van der Waals surface area contributed by atoms with E-state index >= 15 is 0 Å². The van der Waals surface area contributed by atoms with E-state index < -0.39 is 7.32 Å². The summed E-state index contributed by atoms with van der Waals surface area (Å²) in [4.78, 5) is 0. The second-order valence-electron chi connectivity index (χ2n) is 5.47. The zero-order valence-electron chi connectivity index (χ0n) is 13.0. The SMILES string of the molecule is CC1(C)O[B]OC1(C)C.COc1ccc(OB(O)O)cc1. The molecule has 2 rings (SSSR count). The highest BCUT2D eigenvalue weighted by Gasteiger charge is 2.44. The van der Waals surface area contributed by atoms with Crippen molar-refractivity contribution in [3.63, 3.8) is 0 Å². The van der Waals surface area contributed by atoms with E-state index in [2.05, 4.69) is 4.65 Å². The minimum atomic E-state index is -1.78. The van der Waals surface area contributed by atoms with E-state index in [1.807, 2.05) is 27.7 Å². The predicted octanol–water partition coefficient (Wildman–Crippen LogP) is 1.17. The van der Waals surface area contributed by atoms with E-state index in [-0.39, 0.29) is 11.2 Å². The standard InChI is InChI=1S/C7H9BO4.C6H12BO2/c1-11-6-2-4-7(5-3-6)12-8(9)10;1-5(2)6(3,4)9-7-8-5/h2-5,9-10H,1H3;1-4H3. The minimum absolute atomic E-state index is 0.187. The monoisotopic (exact) mass is 295 g/mol. The van der Waals surface area contributed by atoms with Crippen molar-refractivity contribution in [1.29, 1.82) is 0 Å². The Balaban J connectivity index is 0.000000219. The molecule has 0 spiro atoms. The highest BCUT2D eigenvalue weighted by Crippen LogP contribution is 2.33. The van der Waals surface area contributed by atoms with Crippen LogP contribution in [0.15, 0.2) is 24.3 Å². The van der Waals surface area contributed by atoms with Gasteiger partial charge in [0.05, 0.1) is 18.3 Å². The van der Waals surface area contributed by atoms with Crippen molar-refractivity contribution in [2.45, 2.75) is 38.9 Å². The summed E-state index contributed by atoms with van der Waals surface area (Å²) in [7, 11) is 1.19. The molecule has 1 fully saturated rings. The highest BCUT2D eigenvalue weighted by atomic mass is 16.7. The first-order valence-electron chi connectivity index (χ1n) is 6.52. The third-order valence-corrected chi connectivity index (χ3v) is 3.44. The summed E-state index contributed by atoms with van der Waals surface area (Å²) < 4.78 is 19.9. The lowest BCUT2D eigenvalue weighted by molar-refractivity contribution is 0.00578. The molecule has 1 aliphatic heterocycles. The van der Waals surface area contributed by atoms with Crippen molar-refractivity contribution in [2.24, 2.45) is 0 Å². The second kappa shape index (κ2) is 7.17. The molecule has 6 nitrogen and oxygen atoms in total. The van der Waals surface area contributed by atoms with Crippen LogP contribution < -0.4 is 9.39 Å². The van der Waals surface area contributed by atoms with E-state index in [1.54, 1.807) is 31.4 Å². The van der Waals surface area contributed by atoms with Crippen LogP contribution in [-0.4, -0.2) is 43.4 Å². The van der Waals surface area contributed by atoms with E-state index in [0.717, 1.165) is 0 Å². The van der Waals surface area contributed by atoms with Crippen molar-refractivity contribution >= 4 is 15.0 Å². The number of benzene rings is 1. The zero-order chi connectivity index (χ0) is 16.1.